The lowest BCUT2D eigenvalue weighted by Crippen LogP contribution is -2.29. The SMILES string of the molecule is CC(N)c1ccc(N2CCC(C)(O)C2)c(Br)c1. The van der Waals surface area contributed by atoms with Crippen molar-refractivity contribution in [3.63, 3.8) is 0 Å². The zero-order valence-corrected chi connectivity index (χ0v) is 11.9. The van der Waals surface area contributed by atoms with Crippen LogP contribution in [0.2, 0.25) is 0 Å². The molecule has 1 heterocycles. The molecule has 1 saturated heterocycles. The van der Waals surface area contributed by atoms with E-state index in [-0.39, 0.29) is 6.04 Å². The van der Waals surface area contributed by atoms with Crippen LogP contribution in [-0.4, -0.2) is 23.8 Å². The number of nitrogens with two attached hydrogens (primary N) is 1. The quantitative estimate of drug-likeness (QED) is 0.882. The predicted octanol–water partition coefficient (Wildman–Crippen LogP) is 2.43. The van der Waals surface area contributed by atoms with Crippen LogP contribution in [0.1, 0.15) is 31.9 Å². The van der Waals surface area contributed by atoms with Gasteiger partial charge in [0.1, 0.15) is 0 Å². The van der Waals surface area contributed by atoms with Crippen molar-refractivity contribution in [1.82, 2.24) is 0 Å². The molecule has 4 heteroatoms. The van der Waals surface area contributed by atoms with E-state index in [0.29, 0.717) is 6.54 Å². The highest BCUT2D eigenvalue weighted by atomic mass is 79.9. The molecule has 2 rings (SSSR count). The van der Waals surface area contributed by atoms with Gasteiger partial charge in [0.25, 0.3) is 0 Å². The molecule has 0 bridgehead atoms. The first-order valence-corrected chi connectivity index (χ1v) is 6.71. The second-order valence-electron chi connectivity index (χ2n) is 5.17. The van der Waals surface area contributed by atoms with Crippen LogP contribution in [-0.2, 0) is 0 Å². The van der Waals surface area contributed by atoms with Crippen LogP contribution >= 0.6 is 15.9 Å². The zero-order chi connectivity index (χ0) is 12.6. The van der Waals surface area contributed by atoms with E-state index >= 15 is 0 Å². The van der Waals surface area contributed by atoms with Gasteiger partial charge in [0, 0.05) is 23.6 Å². The van der Waals surface area contributed by atoms with Gasteiger partial charge in [0.05, 0.1) is 11.3 Å². The Balaban J connectivity index is 2.23. The van der Waals surface area contributed by atoms with Gasteiger partial charge in [-0.25, -0.2) is 0 Å². The predicted molar refractivity (Wildman–Crippen MR) is 74.2 cm³/mol. The molecule has 2 atom stereocenters. The van der Waals surface area contributed by atoms with Crippen molar-refractivity contribution in [3.05, 3.63) is 28.2 Å². The maximum absolute atomic E-state index is 9.98. The number of benzene rings is 1. The lowest BCUT2D eigenvalue weighted by atomic mass is 10.1. The van der Waals surface area contributed by atoms with Crippen LogP contribution in [0.5, 0.6) is 0 Å². The lowest BCUT2D eigenvalue weighted by Gasteiger charge is -2.22. The van der Waals surface area contributed by atoms with Crippen LogP contribution in [0, 0.1) is 0 Å². The Bertz CT molecular complexity index is 418. The van der Waals surface area contributed by atoms with Gasteiger partial charge in [0.2, 0.25) is 0 Å². The van der Waals surface area contributed by atoms with Crippen molar-refractivity contribution in [2.24, 2.45) is 5.73 Å². The van der Waals surface area contributed by atoms with Gasteiger partial charge >= 0.3 is 0 Å². The number of anilines is 1. The molecular weight excluding hydrogens is 280 g/mol. The third-order valence-electron chi connectivity index (χ3n) is 3.29. The topological polar surface area (TPSA) is 49.5 Å². The number of aliphatic hydroxyl groups is 1. The number of halogens is 1. The van der Waals surface area contributed by atoms with Gasteiger partial charge in [-0.05, 0) is 53.9 Å². The van der Waals surface area contributed by atoms with Crippen molar-refractivity contribution in [3.8, 4) is 0 Å². The maximum Gasteiger partial charge on any atom is 0.0810 e. The van der Waals surface area contributed by atoms with E-state index in [1.54, 1.807) is 0 Å². The molecule has 0 amide bonds. The van der Waals surface area contributed by atoms with Gasteiger partial charge in [-0.2, -0.15) is 0 Å². The highest BCUT2D eigenvalue weighted by Gasteiger charge is 2.32. The lowest BCUT2D eigenvalue weighted by molar-refractivity contribution is 0.0839. The van der Waals surface area contributed by atoms with E-state index in [1.807, 2.05) is 13.8 Å². The highest BCUT2D eigenvalue weighted by Crippen LogP contribution is 2.33. The summed E-state index contributed by atoms with van der Waals surface area (Å²) in [5.41, 5.74) is 7.53. The summed E-state index contributed by atoms with van der Waals surface area (Å²) in [6, 6.07) is 6.23. The molecule has 0 aromatic heterocycles. The van der Waals surface area contributed by atoms with Crippen molar-refractivity contribution in [2.75, 3.05) is 18.0 Å². The summed E-state index contributed by atoms with van der Waals surface area (Å²) in [5.74, 6) is 0. The van der Waals surface area contributed by atoms with E-state index in [9.17, 15) is 5.11 Å². The zero-order valence-electron chi connectivity index (χ0n) is 10.3. The van der Waals surface area contributed by atoms with Gasteiger partial charge < -0.3 is 15.7 Å². The Labute approximate surface area is 111 Å². The summed E-state index contributed by atoms with van der Waals surface area (Å²) < 4.78 is 1.05. The third kappa shape index (κ3) is 2.81. The largest absolute Gasteiger partial charge is 0.388 e. The minimum Gasteiger partial charge on any atom is -0.388 e. The third-order valence-corrected chi connectivity index (χ3v) is 3.93. The van der Waals surface area contributed by atoms with Crippen LogP contribution in [0.4, 0.5) is 5.69 Å². The average Bonchev–Trinajstić information content (AvgIpc) is 2.58. The molecule has 1 aliphatic rings. The van der Waals surface area contributed by atoms with Gasteiger partial charge in [-0.3, -0.25) is 0 Å². The number of hydrogen-bond donors (Lipinski definition) is 2. The molecule has 17 heavy (non-hydrogen) atoms. The Kier molecular flexibility index (Phi) is 3.48. The Morgan fingerprint density at radius 1 is 1.53 bits per heavy atom. The van der Waals surface area contributed by atoms with Gasteiger partial charge in [-0.1, -0.05) is 6.07 Å². The number of hydrogen-bond acceptors (Lipinski definition) is 3. The van der Waals surface area contributed by atoms with Crippen LogP contribution in [0.15, 0.2) is 22.7 Å². The minimum absolute atomic E-state index is 0.0436. The fourth-order valence-corrected chi connectivity index (χ4v) is 2.86. The molecule has 1 aromatic carbocycles. The Morgan fingerprint density at radius 2 is 2.24 bits per heavy atom. The standard InChI is InChI=1S/C13H19BrN2O/c1-9(15)10-3-4-12(11(14)7-10)16-6-5-13(2,17)8-16/h3-4,7,9,17H,5-6,8,15H2,1-2H3. The molecular formula is C13H19BrN2O. The summed E-state index contributed by atoms with van der Waals surface area (Å²) >= 11 is 3.58. The molecule has 0 radical (unpaired) electrons. The summed E-state index contributed by atoms with van der Waals surface area (Å²) in [5, 5.41) is 9.98. The number of nitrogens with zero attached hydrogens (tertiary/aromatic N) is 1. The molecule has 1 aromatic rings. The molecule has 3 N–H and O–H groups in total. The summed E-state index contributed by atoms with van der Waals surface area (Å²) in [6.45, 7) is 5.44. The van der Waals surface area contributed by atoms with Crippen molar-refractivity contribution in [1.29, 1.82) is 0 Å². The fraction of sp³-hybridized carbons (Fsp3) is 0.538. The second-order valence-corrected chi connectivity index (χ2v) is 6.02. The normalized spacial score (nSPS) is 26.3. The second kappa shape index (κ2) is 4.59. The molecule has 3 nitrogen and oxygen atoms in total. The molecule has 0 spiro atoms. The van der Waals surface area contributed by atoms with E-state index in [2.05, 4.69) is 39.0 Å². The van der Waals surface area contributed by atoms with Crippen LogP contribution < -0.4 is 10.6 Å². The van der Waals surface area contributed by atoms with E-state index in [1.165, 1.54) is 0 Å². The molecule has 1 aliphatic heterocycles. The van der Waals surface area contributed by atoms with Crippen LogP contribution in [0.3, 0.4) is 0 Å². The summed E-state index contributed by atoms with van der Waals surface area (Å²) in [6.07, 6.45) is 0.814. The number of rotatable bonds is 2. The minimum atomic E-state index is -0.570. The molecule has 94 valence electrons. The summed E-state index contributed by atoms with van der Waals surface area (Å²) in [7, 11) is 0. The van der Waals surface area contributed by atoms with E-state index < -0.39 is 5.60 Å². The fourth-order valence-electron chi connectivity index (χ4n) is 2.21. The van der Waals surface area contributed by atoms with Gasteiger partial charge in [0.15, 0.2) is 0 Å². The molecule has 0 saturated carbocycles. The van der Waals surface area contributed by atoms with Gasteiger partial charge in [-0.15, -0.1) is 0 Å². The Hall–Kier alpha value is -0.580. The van der Waals surface area contributed by atoms with Crippen molar-refractivity contribution in [2.45, 2.75) is 31.9 Å². The highest BCUT2D eigenvalue weighted by molar-refractivity contribution is 9.10. The molecule has 1 fully saturated rings. The van der Waals surface area contributed by atoms with E-state index in [4.69, 9.17) is 5.73 Å². The first kappa shape index (κ1) is 12.9. The van der Waals surface area contributed by atoms with Crippen LogP contribution in [0.25, 0.3) is 0 Å². The smallest absolute Gasteiger partial charge is 0.0810 e. The first-order chi connectivity index (χ1) is 7.89. The Morgan fingerprint density at radius 3 is 2.71 bits per heavy atom. The summed E-state index contributed by atoms with van der Waals surface area (Å²) in [4.78, 5) is 2.20. The molecule has 0 aliphatic carbocycles. The maximum atomic E-state index is 9.98. The van der Waals surface area contributed by atoms with Crippen molar-refractivity contribution < 1.29 is 5.11 Å². The monoisotopic (exact) mass is 298 g/mol. The average molecular weight is 299 g/mol. The molecule has 2 unspecified atom stereocenters. The van der Waals surface area contributed by atoms with Crippen molar-refractivity contribution >= 4 is 21.6 Å². The number of β-amino-alcohol motifs (C(OH)–C–C–N with tert-alkyl or cyclic N) is 1. The first-order valence-electron chi connectivity index (χ1n) is 5.91. The van der Waals surface area contributed by atoms with E-state index in [0.717, 1.165) is 28.7 Å².